The Bertz CT molecular complexity index is 1590. The fraction of sp³-hybridized carbons (Fsp3) is 0.240. The fourth-order valence-corrected chi connectivity index (χ4v) is 3.02. The summed E-state index contributed by atoms with van der Waals surface area (Å²) < 4.78 is 101. The second-order valence-corrected chi connectivity index (χ2v) is 8.73. The van der Waals surface area contributed by atoms with Crippen molar-refractivity contribution < 1.29 is 74.0 Å². The van der Waals surface area contributed by atoms with E-state index in [0.717, 1.165) is 40.0 Å². The lowest BCUT2D eigenvalue weighted by molar-refractivity contribution is -0.193. The molecule has 48 heavy (non-hydrogen) atoms. The summed E-state index contributed by atoms with van der Waals surface area (Å²) >= 11 is 6.17. The molecule has 4 aromatic rings. The number of likely N-dealkylation sites (N-methyl/N-ethyl adjacent to an activating group) is 1. The summed E-state index contributed by atoms with van der Waals surface area (Å²) in [4.78, 5) is 47.1. The number of carboxylic acids is 3. The first-order valence-electron chi connectivity index (χ1n) is 12.2. The Kier molecular flexibility index (Phi) is 15.0. The molecule has 4 aromatic heterocycles. The molecule has 0 saturated carbocycles. The third-order valence-electron chi connectivity index (χ3n) is 4.82. The first kappa shape index (κ1) is 40.8. The van der Waals surface area contributed by atoms with Gasteiger partial charge in [0.05, 0.1) is 10.7 Å². The molecule has 262 valence electrons. The molecule has 0 saturated heterocycles. The van der Waals surface area contributed by atoms with E-state index in [4.69, 9.17) is 46.0 Å². The van der Waals surface area contributed by atoms with Gasteiger partial charge in [0.25, 0.3) is 0 Å². The molecule has 4 rings (SSSR count). The molecule has 5 N–H and O–H groups in total. The molecule has 23 heteroatoms. The van der Waals surface area contributed by atoms with Crippen LogP contribution < -0.4 is 10.1 Å². The summed E-state index contributed by atoms with van der Waals surface area (Å²) in [5.41, 5.74) is 4.33. The molecule has 0 aliphatic carbocycles. The third kappa shape index (κ3) is 13.6. The molecule has 0 aliphatic heterocycles. The zero-order valence-corrected chi connectivity index (χ0v) is 24.3. The minimum atomic E-state index is -5.08. The first-order chi connectivity index (χ1) is 22.1. The molecule has 0 fully saturated rings. The van der Waals surface area contributed by atoms with Gasteiger partial charge in [-0.05, 0) is 19.2 Å². The summed E-state index contributed by atoms with van der Waals surface area (Å²) in [5, 5.41) is 25.9. The monoisotopic (exact) mass is 722 g/mol. The molecule has 4 heterocycles. The van der Waals surface area contributed by atoms with Crippen LogP contribution in [0.4, 0.5) is 39.5 Å². The lowest BCUT2D eigenvalue weighted by Crippen LogP contribution is -2.21. The topological polar surface area (TPSA) is 201 Å². The van der Waals surface area contributed by atoms with Crippen LogP contribution in [0.2, 0.25) is 5.02 Å². The molecule has 0 aromatic carbocycles. The molecule has 0 bridgehead atoms. The van der Waals surface area contributed by atoms with Crippen molar-refractivity contribution in [3.8, 4) is 28.3 Å². The van der Waals surface area contributed by atoms with Crippen molar-refractivity contribution in [3.63, 3.8) is 0 Å². The summed E-state index contributed by atoms with van der Waals surface area (Å²) in [7, 11) is 1.88. The van der Waals surface area contributed by atoms with Crippen LogP contribution in [0.5, 0.6) is 5.88 Å². The van der Waals surface area contributed by atoms with Crippen LogP contribution in [0.1, 0.15) is 0 Å². The van der Waals surface area contributed by atoms with Gasteiger partial charge in [-0.2, -0.15) is 39.5 Å². The highest BCUT2D eigenvalue weighted by Crippen LogP contribution is 2.38. The van der Waals surface area contributed by atoms with E-state index in [1.807, 2.05) is 25.2 Å². The van der Waals surface area contributed by atoms with Crippen LogP contribution in [-0.2, 0) is 14.4 Å². The van der Waals surface area contributed by atoms with Gasteiger partial charge < -0.3 is 30.4 Å². The molecule has 0 radical (unpaired) electrons. The SMILES string of the molecule is CNCCOc1ccc(-c2[nH]c3ncc(Cl)cc3c2-c2cncnc2)cn1.O=C(O)C(F)(F)F.O=C(O)C(F)(F)F.O=C(O)C(F)(F)F. The second kappa shape index (κ2) is 17.6. The number of hydrogen-bond donors (Lipinski definition) is 5. The predicted molar refractivity (Wildman–Crippen MR) is 146 cm³/mol. The molecular formula is C25H20ClF9N6O7. The number of nitrogens with one attached hydrogen (secondary N) is 2. The Hall–Kier alpha value is -5.25. The van der Waals surface area contributed by atoms with Crippen molar-refractivity contribution in [1.29, 1.82) is 0 Å². The van der Waals surface area contributed by atoms with Gasteiger partial charge in [-0.1, -0.05) is 11.6 Å². The average Bonchev–Trinajstić information content (AvgIpc) is 3.36. The number of aromatic amines is 1. The number of nitrogens with zero attached hydrogens (tertiary/aromatic N) is 4. The lowest BCUT2D eigenvalue weighted by Gasteiger charge is -2.07. The molecule has 0 atom stereocenters. The van der Waals surface area contributed by atoms with Crippen LogP contribution >= 0.6 is 11.6 Å². The Morgan fingerprint density at radius 3 is 1.73 bits per heavy atom. The van der Waals surface area contributed by atoms with Gasteiger partial charge in [-0.3, -0.25) is 0 Å². The number of pyridine rings is 2. The summed E-state index contributed by atoms with van der Waals surface area (Å²) in [6.45, 7) is 1.32. The molecule has 0 amide bonds. The Labute approximate surface area is 266 Å². The Balaban J connectivity index is 0.000000448. The fourth-order valence-electron chi connectivity index (χ4n) is 2.86. The van der Waals surface area contributed by atoms with Crippen LogP contribution in [0, 0.1) is 0 Å². The quantitative estimate of drug-likeness (QED) is 0.128. The second-order valence-electron chi connectivity index (χ2n) is 8.30. The number of H-pyrrole nitrogens is 1. The highest BCUT2D eigenvalue weighted by atomic mass is 35.5. The van der Waals surface area contributed by atoms with Crippen LogP contribution in [0.3, 0.4) is 0 Å². The Morgan fingerprint density at radius 2 is 1.31 bits per heavy atom. The van der Waals surface area contributed by atoms with Crippen molar-refractivity contribution in [3.05, 3.63) is 54.3 Å². The summed E-state index contributed by atoms with van der Waals surface area (Å²) in [6, 6.07) is 5.69. The van der Waals surface area contributed by atoms with Crippen LogP contribution in [0.15, 0.2) is 49.3 Å². The van der Waals surface area contributed by atoms with Crippen LogP contribution in [-0.4, -0.2) is 96.9 Å². The van der Waals surface area contributed by atoms with E-state index >= 15 is 0 Å². The number of alkyl halides is 9. The van der Waals surface area contributed by atoms with Crippen molar-refractivity contribution >= 4 is 40.5 Å². The van der Waals surface area contributed by atoms with E-state index in [-0.39, 0.29) is 0 Å². The normalized spacial score (nSPS) is 11.1. The molecular weight excluding hydrogens is 703 g/mol. The van der Waals surface area contributed by atoms with E-state index < -0.39 is 36.4 Å². The van der Waals surface area contributed by atoms with Crippen molar-refractivity contribution in [2.24, 2.45) is 0 Å². The number of carbonyl (C=O) groups is 3. The number of carboxylic acid groups (broad SMARTS) is 3. The summed E-state index contributed by atoms with van der Waals surface area (Å²) in [6.07, 6.45) is -6.83. The van der Waals surface area contributed by atoms with Crippen molar-refractivity contribution in [2.45, 2.75) is 18.5 Å². The van der Waals surface area contributed by atoms with E-state index in [1.165, 1.54) is 6.33 Å². The number of aliphatic carboxylic acids is 3. The number of rotatable bonds is 6. The number of fused-ring (bicyclic) bond motifs is 1. The summed E-state index contributed by atoms with van der Waals surface area (Å²) in [5.74, 6) is -7.69. The third-order valence-corrected chi connectivity index (χ3v) is 5.03. The first-order valence-corrected chi connectivity index (χ1v) is 12.5. The van der Waals surface area contributed by atoms with Crippen LogP contribution in [0.25, 0.3) is 33.4 Å². The minimum absolute atomic E-state index is 0.560. The molecule has 0 unspecified atom stereocenters. The van der Waals surface area contributed by atoms with Gasteiger partial charge in [0, 0.05) is 59.5 Å². The average molecular weight is 723 g/mol. The van der Waals surface area contributed by atoms with Gasteiger partial charge in [-0.15, -0.1) is 0 Å². The van der Waals surface area contributed by atoms with Crippen molar-refractivity contribution in [2.75, 3.05) is 20.2 Å². The van der Waals surface area contributed by atoms with E-state index in [0.29, 0.717) is 17.5 Å². The lowest BCUT2D eigenvalue weighted by atomic mass is 10.0. The number of aromatic nitrogens is 5. The highest BCUT2D eigenvalue weighted by Gasteiger charge is 2.39. The van der Waals surface area contributed by atoms with Gasteiger partial charge in [0.15, 0.2) is 0 Å². The molecule has 13 nitrogen and oxygen atoms in total. The van der Waals surface area contributed by atoms with E-state index in [2.05, 4.69) is 30.2 Å². The Morgan fingerprint density at radius 1 is 0.812 bits per heavy atom. The highest BCUT2D eigenvalue weighted by molar-refractivity contribution is 6.31. The molecule has 0 spiro atoms. The maximum absolute atomic E-state index is 10.6. The zero-order chi connectivity index (χ0) is 36.9. The largest absolute Gasteiger partial charge is 0.490 e. The minimum Gasteiger partial charge on any atom is -0.476 e. The van der Waals surface area contributed by atoms with Gasteiger partial charge >= 0.3 is 36.4 Å². The maximum atomic E-state index is 10.6. The zero-order valence-electron chi connectivity index (χ0n) is 23.6. The van der Waals surface area contributed by atoms with E-state index in [9.17, 15) is 39.5 Å². The van der Waals surface area contributed by atoms with Gasteiger partial charge in [0.1, 0.15) is 18.6 Å². The predicted octanol–water partition coefficient (Wildman–Crippen LogP) is 5.23. The van der Waals surface area contributed by atoms with Gasteiger partial charge in [0.2, 0.25) is 5.88 Å². The smallest absolute Gasteiger partial charge is 0.476 e. The standard InChI is InChI=1S/C19H17ClN6O.3C2HF3O2/c1-21-4-5-27-16-3-2-12(9-24-16)18-17(13-7-22-11-23-8-13)15-6-14(20)10-25-19(15)26-18;3*3-2(4,5)1(6)7/h2-3,6-11,21H,4-5H2,1H3,(H,25,26);3*(H,6,7). The number of halogens is 10. The maximum Gasteiger partial charge on any atom is 0.490 e. The van der Waals surface area contributed by atoms with Crippen molar-refractivity contribution in [1.82, 2.24) is 30.2 Å². The van der Waals surface area contributed by atoms with E-state index in [1.54, 1.807) is 24.8 Å². The molecule has 0 aliphatic rings. The van der Waals surface area contributed by atoms with Gasteiger partial charge in [-0.25, -0.2) is 34.3 Å². The number of hydrogen-bond acceptors (Lipinski definition) is 9. The number of ether oxygens (including phenoxy) is 1.